The molecule has 0 radical (unpaired) electrons. The first-order valence-corrected chi connectivity index (χ1v) is 15.1. The van der Waals surface area contributed by atoms with Gasteiger partial charge in [-0.25, -0.2) is 13.2 Å². The van der Waals surface area contributed by atoms with E-state index in [-0.39, 0.29) is 5.41 Å². The highest BCUT2D eigenvalue weighted by Crippen LogP contribution is 2.37. The highest BCUT2D eigenvalue weighted by molar-refractivity contribution is 7.92. The molecule has 0 saturated heterocycles. The molecule has 0 atom stereocenters. The summed E-state index contributed by atoms with van der Waals surface area (Å²) in [6.07, 6.45) is 7.48. The van der Waals surface area contributed by atoms with Gasteiger partial charge >= 0.3 is 5.69 Å². The van der Waals surface area contributed by atoms with Crippen molar-refractivity contribution in [2.24, 2.45) is 5.92 Å². The van der Waals surface area contributed by atoms with E-state index in [1.807, 2.05) is 36.4 Å². The average Bonchev–Trinajstić information content (AvgIpc) is 2.84. The Morgan fingerprint density at radius 1 is 1.05 bits per heavy atom. The van der Waals surface area contributed by atoms with Crippen LogP contribution in [0.25, 0.3) is 17.8 Å². The summed E-state index contributed by atoms with van der Waals surface area (Å²) in [5.41, 5.74) is 3.26. The number of aromatic nitrogens is 2. The fourth-order valence-corrected chi connectivity index (χ4v) is 4.85. The molecule has 3 aromatic rings. The number of hydrogen-bond acceptors (Lipinski definition) is 6. The molecule has 0 bridgehead atoms. The first-order chi connectivity index (χ1) is 18.7. The molecule has 0 amide bonds. The molecule has 0 saturated carbocycles. The van der Waals surface area contributed by atoms with E-state index in [1.165, 1.54) is 16.8 Å². The monoisotopic (exact) mass is 568 g/mol. The lowest BCUT2D eigenvalue weighted by molar-refractivity contribution is 0.396. The van der Waals surface area contributed by atoms with E-state index < -0.39 is 21.3 Å². The van der Waals surface area contributed by atoms with E-state index in [4.69, 9.17) is 4.74 Å². The summed E-state index contributed by atoms with van der Waals surface area (Å²) in [6.45, 7) is 11.9. The minimum Gasteiger partial charge on any atom is -0.496 e. The minimum atomic E-state index is -3.42. The van der Waals surface area contributed by atoms with Crippen LogP contribution in [0, 0.1) is 5.92 Å². The number of hydrogen-bond donors (Lipinski definition) is 3. The van der Waals surface area contributed by atoms with E-state index >= 15 is 0 Å². The molecule has 0 aliphatic heterocycles. The summed E-state index contributed by atoms with van der Waals surface area (Å²) in [6, 6.07) is 10.5. The van der Waals surface area contributed by atoms with Gasteiger partial charge in [0.05, 0.1) is 19.1 Å². The summed E-state index contributed by atoms with van der Waals surface area (Å²) in [7, 11) is -1.80. The molecule has 10 heteroatoms. The Labute approximate surface area is 236 Å². The van der Waals surface area contributed by atoms with Crippen molar-refractivity contribution >= 4 is 27.9 Å². The topological polar surface area (TPSA) is 122 Å². The largest absolute Gasteiger partial charge is 0.496 e. The predicted octanol–water partition coefficient (Wildman–Crippen LogP) is 4.51. The number of aromatic amines is 1. The molecule has 0 unspecified atom stereocenters. The van der Waals surface area contributed by atoms with Gasteiger partial charge in [0.1, 0.15) is 5.75 Å². The highest BCUT2D eigenvalue weighted by atomic mass is 32.2. The summed E-state index contributed by atoms with van der Waals surface area (Å²) in [4.78, 5) is 26.5. The maximum atomic E-state index is 12.6. The third-order valence-corrected chi connectivity index (χ3v) is 6.93. The van der Waals surface area contributed by atoms with Crippen LogP contribution in [-0.2, 0) is 22.0 Å². The zero-order valence-corrected chi connectivity index (χ0v) is 25.1. The van der Waals surface area contributed by atoms with Crippen LogP contribution in [0.15, 0.2) is 52.2 Å². The van der Waals surface area contributed by atoms with Crippen LogP contribution in [0.3, 0.4) is 0 Å². The molecule has 0 aliphatic carbocycles. The molecule has 0 fully saturated rings. The van der Waals surface area contributed by atoms with Crippen molar-refractivity contribution < 1.29 is 13.2 Å². The van der Waals surface area contributed by atoms with E-state index in [0.29, 0.717) is 29.6 Å². The third kappa shape index (κ3) is 8.43. The van der Waals surface area contributed by atoms with Crippen molar-refractivity contribution in [1.29, 1.82) is 0 Å². The summed E-state index contributed by atoms with van der Waals surface area (Å²) in [5.74, 6) is 1.24. The second kappa shape index (κ2) is 12.7. The lowest BCUT2D eigenvalue weighted by atomic mass is 9.84. The van der Waals surface area contributed by atoms with Gasteiger partial charge in [-0.05, 0) is 59.7 Å². The van der Waals surface area contributed by atoms with Gasteiger partial charge in [0.25, 0.3) is 5.56 Å². The summed E-state index contributed by atoms with van der Waals surface area (Å²) in [5, 5.41) is 3.45. The van der Waals surface area contributed by atoms with Crippen LogP contribution in [0.4, 0.5) is 5.69 Å². The number of anilines is 1. The molecule has 0 spiro atoms. The van der Waals surface area contributed by atoms with Gasteiger partial charge in [0.2, 0.25) is 10.0 Å². The lowest BCUT2D eigenvalue weighted by Gasteiger charge is -2.25. The number of methoxy groups -OCH3 is 1. The summed E-state index contributed by atoms with van der Waals surface area (Å²) >= 11 is 0. The number of rotatable bonds is 11. The standard InChI is InChI=1S/C30H40N4O5S/c1-20(2)12-14-31-19-23-16-24(33-40(7,37)38)11-10-21(23)8-9-22-17-25(34-15-13-27(35)32-29(34)36)18-26(28(22)39-6)30(3,4)5/h8-11,13,15-18,20,31,33H,12,14,19H2,1-7H3,(H,32,35,36). The van der Waals surface area contributed by atoms with Gasteiger partial charge in [-0.1, -0.05) is 52.8 Å². The maximum Gasteiger partial charge on any atom is 0.332 e. The van der Waals surface area contributed by atoms with Crippen LogP contribution in [-0.4, -0.2) is 37.9 Å². The Hall–Kier alpha value is -3.63. The Kier molecular flexibility index (Phi) is 9.81. The van der Waals surface area contributed by atoms with Crippen LogP contribution >= 0.6 is 0 Å². The zero-order valence-electron chi connectivity index (χ0n) is 24.3. The number of ether oxygens (including phenoxy) is 1. The Balaban J connectivity index is 2.11. The van der Waals surface area contributed by atoms with Crippen LogP contribution in [0.5, 0.6) is 5.75 Å². The number of nitrogens with one attached hydrogen (secondary N) is 3. The van der Waals surface area contributed by atoms with Gasteiger partial charge in [-0.2, -0.15) is 0 Å². The van der Waals surface area contributed by atoms with Crippen LogP contribution in [0.2, 0.25) is 0 Å². The zero-order chi connectivity index (χ0) is 29.7. The quantitative estimate of drug-likeness (QED) is 0.231. The average molecular weight is 569 g/mol. The second-order valence-corrected chi connectivity index (χ2v) is 13.1. The molecule has 3 N–H and O–H groups in total. The third-order valence-electron chi connectivity index (χ3n) is 6.32. The SMILES string of the molecule is COc1c(C=Cc2ccc(NS(C)(=O)=O)cc2CNCCC(C)C)cc(-n2ccc(=O)[nH]c2=O)cc1C(C)(C)C. The summed E-state index contributed by atoms with van der Waals surface area (Å²) < 4.78 is 33.4. The molecular weight excluding hydrogens is 528 g/mol. The van der Waals surface area contributed by atoms with Crippen molar-refractivity contribution in [2.75, 3.05) is 24.6 Å². The first-order valence-electron chi connectivity index (χ1n) is 13.2. The number of nitrogens with zero attached hydrogens (tertiary/aromatic N) is 1. The number of sulfonamides is 1. The molecule has 9 nitrogen and oxygen atoms in total. The fraction of sp³-hybridized carbons (Fsp3) is 0.400. The molecule has 216 valence electrons. The number of H-pyrrole nitrogens is 1. The van der Waals surface area contributed by atoms with E-state index in [1.54, 1.807) is 13.2 Å². The molecular formula is C30H40N4O5S. The van der Waals surface area contributed by atoms with Gasteiger partial charge in [0, 0.05) is 35.6 Å². The molecule has 40 heavy (non-hydrogen) atoms. The molecule has 0 aliphatic rings. The van der Waals surface area contributed by atoms with E-state index in [2.05, 4.69) is 49.6 Å². The van der Waals surface area contributed by atoms with Crippen molar-refractivity contribution in [3.63, 3.8) is 0 Å². The van der Waals surface area contributed by atoms with Crippen molar-refractivity contribution in [2.45, 2.75) is 53.0 Å². The normalized spacial score (nSPS) is 12.3. The maximum absolute atomic E-state index is 12.6. The molecule has 1 aromatic heterocycles. The Bertz CT molecular complexity index is 1600. The van der Waals surface area contributed by atoms with Gasteiger partial charge in [-0.15, -0.1) is 0 Å². The molecule has 2 aromatic carbocycles. The highest BCUT2D eigenvalue weighted by Gasteiger charge is 2.22. The van der Waals surface area contributed by atoms with Gasteiger partial charge < -0.3 is 10.1 Å². The minimum absolute atomic E-state index is 0.305. The fourth-order valence-electron chi connectivity index (χ4n) is 4.30. The first kappa shape index (κ1) is 30.9. The van der Waals surface area contributed by atoms with Crippen LogP contribution in [0.1, 0.15) is 63.3 Å². The van der Waals surface area contributed by atoms with Crippen LogP contribution < -0.4 is 26.0 Å². The second-order valence-electron chi connectivity index (χ2n) is 11.3. The van der Waals surface area contributed by atoms with Gasteiger partial charge in [-0.3, -0.25) is 19.1 Å². The Morgan fingerprint density at radius 3 is 2.35 bits per heavy atom. The Morgan fingerprint density at radius 2 is 1.75 bits per heavy atom. The predicted molar refractivity (Wildman–Crippen MR) is 163 cm³/mol. The van der Waals surface area contributed by atoms with Crippen molar-refractivity contribution in [3.8, 4) is 11.4 Å². The van der Waals surface area contributed by atoms with Crippen molar-refractivity contribution in [1.82, 2.24) is 14.9 Å². The molecule has 1 heterocycles. The van der Waals surface area contributed by atoms with Crippen molar-refractivity contribution in [3.05, 3.63) is 85.7 Å². The number of benzene rings is 2. The molecule has 3 rings (SSSR count). The smallest absolute Gasteiger partial charge is 0.332 e. The van der Waals surface area contributed by atoms with Gasteiger partial charge in [0.15, 0.2) is 0 Å². The van der Waals surface area contributed by atoms with E-state index in [0.717, 1.165) is 41.5 Å². The van der Waals surface area contributed by atoms with E-state index in [9.17, 15) is 18.0 Å². The lowest BCUT2D eigenvalue weighted by Crippen LogP contribution is -2.28.